The summed E-state index contributed by atoms with van der Waals surface area (Å²) in [6.45, 7) is 3.90. The van der Waals surface area contributed by atoms with Gasteiger partial charge in [-0.2, -0.15) is 0 Å². The second-order valence-electron chi connectivity index (χ2n) is 3.75. The van der Waals surface area contributed by atoms with Gasteiger partial charge in [-0.25, -0.2) is 0 Å². The lowest BCUT2D eigenvalue weighted by Crippen LogP contribution is -2.39. The highest BCUT2D eigenvalue weighted by atomic mass is 16.3. The van der Waals surface area contributed by atoms with Crippen LogP contribution in [0.4, 0.5) is 0 Å². The van der Waals surface area contributed by atoms with Crippen molar-refractivity contribution in [2.24, 2.45) is 11.7 Å². The van der Waals surface area contributed by atoms with Crippen molar-refractivity contribution < 1.29 is 5.11 Å². The summed E-state index contributed by atoms with van der Waals surface area (Å²) in [7, 11) is 0. The molecule has 1 rings (SSSR count). The summed E-state index contributed by atoms with van der Waals surface area (Å²) in [6.07, 6.45) is 7.94. The van der Waals surface area contributed by atoms with Gasteiger partial charge in [-0.05, 0) is 25.7 Å². The molecule has 0 aromatic rings. The Balaban J connectivity index is 2.57. The van der Waals surface area contributed by atoms with Crippen molar-refractivity contribution in [3.63, 3.8) is 0 Å². The predicted octanol–water partition coefficient (Wildman–Crippen LogP) is 1.61. The number of hydrogen-bond donors (Lipinski definition) is 2. The molecule has 1 aliphatic carbocycles. The van der Waals surface area contributed by atoms with Gasteiger partial charge in [0.15, 0.2) is 0 Å². The van der Waals surface area contributed by atoms with E-state index in [4.69, 9.17) is 5.73 Å². The maximum absolute atomic E-state index is 9.35. The van der Waals surface area contributed by atoms with Crippen molar-refractivity contribution in [3.8, 4) is 0 Å². The summed E-state index contributed by atoms with van der Waals surface area (Å²) in [4.78, 5) is 0. The molecule has 0 spiro atoms. The standard InChI is InChI=1S/C11H19NO/c1-3-9-5-4-6-10(7-9)11(12)8(2)13/h4-6,8,10-11,13H,3,7,12H2,1-2H3/t8-,10?,11+/m0/s1. The maximum atomic E-state index is 9.35. The molecule has 1 aliphatic rings. The molecule has 0 aliphatic heterocycles. The van der Waals surface area contributed by atoms with Gasteiger partial charge in [-0.15, -0.1) is 0 Å². The highest BCUT2D eigenvalue weighted by Gasteiger charge is 2.21. The fraction of sp³-hybridized carbons (Fsp3) is 0.636. The van der Waals surface area contributed by atoms with Gasteiger partial charge in [0.1, 0.15) is 0 Å². The van der Waals surface area contributed by atoms with Gasteiger partial charge in [-0.1, -0.05) is 30.7 Å². The summed E-state index contributed by atoms with van der Waals surface area (Å²) in [5.74, 6) is 0.306. The van der Waals surface area contributed by atoms with Crippen LogP contribution in [0.5, 0.6) is 0 Å². The second kappa shape index (κ2) is 4.58. The fourth-order valence-electron chi connectivity index (χ4n) is 1.66. The Morgan fingerprint density at radius 1 is 1.69 bits per heavy atom. The van der Waals surface area contributed by atoms with Crippen LogP contribution in [-0.2, 0) is 0 Å². The molecule has 0 heterocycles. The first-order chi connectivity index (χ1) is 6.15. The van der Waals surface area contributed by atoms with Gasteiger partial charge in [0, 0.05) is 6.04 Å². The van der Waals surface area contributed by atoms with E-state index >= 15 is 0 Å². The van der Waals surface area contributed by atoms with E-state index in [1.54, 1.807) is 6.92 Å². The quantitative estimate of drug-likeness (QED) is 0.694. The largest absolute Gasteiger partial charge is 0.392 e. The molecule has 2 heteroatoms. The summed E-state index contributed by atoms with van der Waals surface area (Å²) in [5.41, 5.74) is 7.30. The van der Waals surface area contributed by atoms with Crippen LogP contribution in [-0.4, -0.2) is 17.3 Å². The Morgan fingerprint density at radius 2 is 2.38 bits per heavy atom. The Hall–Kier alpha value is -0.600. The van der Waals surface area contributed by atoms with Crippen LogP contribution >= 0.6 is 0 Å². The van der Waals surface area contributed by atoms with Gasteiger partial charge in [-0.3, -0.25) is 0 Å². The Morgan fingerprint density at radius 3 is 2.92 bits per heavy atom. The van der Waals surface area contributed by atoms with E-state index in [2.05, 4.69) is 25.2 Å². The van der Waals surface area contributed by atoms with Gasteiger partial charge >= 0.3 is 0 Å². The maximum Gasteiger partial charge on any atom is 0.0668 e. The summed E-state index contributed by atoms with van der Waals surface area (Å²) in [6, 6.07) is -0.133. The summed E-state index contributed by atoms with van der Waals surface area (Å²) >= 11 is 0. The average molecular weight is 181 g/mol. The average Bonchev–Trinajstić information content (AvgIpc) is 2.16. The molecule has 74 valence electrons. The zero-order chi connectivity index (χ0) is 9.84. The SMILES string of the molecule is CCC1=CC=CC([C@H](N)[C@H](C)O)C1. The molecule has 0 saturated carbocycles. The third kappa shape index (κ3) is 2.68. The highest BCUT2D eigenvalue weighted by molar-refractivity contribution is 5.20. The lowest BCUT2D eigenvalue weighted by Gasteiger charge is -2.26. The summed E-state index contributed by atoms with van der Waals surface area (Å²) in [5, 5.41) is 9.35. The first kappa shape index (κ1) is 10.5. The third-order valence-corrected chi connectivity index (χ3v) is 2.69. The lowest BCUT2D eigenvalue weighted by molar-refractivity contribution is 0.144. The molecule has 0 radical (unpaired) electrons. The van der Waals surface area contributed by atoms with Crippen molar-refractivity contribution in [3.05, 3.63) is 23.8 Å². The number of aliphatic hydroxyl groups is 1. The van der Waals surface area contributed by atoms with E-state index in [0.717, 1.165) is 12.8 Å². The minimum absolute atomic E-state index is 0.133. The molecule has 0 aromatic heterocycles. The van der Waals surface area contributed by atoms with Crippen LogP contribution in [0, 0.1) is 5.92 Å². The van der Waals surface area contributed by atoms with E-state index < -0.39 is 6.10 Å². The van der Waals surface area contributed by atoms with Crippen molar-refractivity contribution in [2.75, 3.05) is 0 Å². The third-order valence-electron chi connectivity index (χ3n) is 2.69. The van der Waals surface area contributed by atoms with E-state index in [1.165, 1.54) is 5.57 Å². The molecule has 3 N–H and O–H groups in total. The number of hydrogen-bond acceptors (Lipinski definition) is 2. The minimum Gasteiger partial charge on any atom is -0.392 e. The zero-order valence-electron chi connectivity index (χ0n) is 8.40. The predicted molar refractivity (Wildman–Crippen MR) is 55.3 cm³/mol. The van der Waals surface area contributed by atoms with Gasteiger partial charge in [0.2, 0.25) is 0 Å². The van der Waals surface area contributed by atoms with Crippen LogP contribution in [0.1, 0.15) is 26.7 Å². The fourth-order valence-corrected chi connectivity index (χ4v) is 1.66. The molecule has 0 aromatic carbocycles. The van der Waals surface area contributed by atoms with Crippen LogP contribution in [0.3, 0.4) is 0 Å². The van der Waals surface area contributed by atoms with Gasteiger partial charge in [0.25, 0.3) is 0 Å². The smallest absolute Gasteiger partial charge is 0.0668 e. The van der Waals surface area contributed by atoms with Crippen molar-refractivity contribution >= 4 is 0 Å². The topological polar surface area (TPSA) is 46.2 Å². The van der Waals surface area contributed by atoms with Crippen molar-refractivity contribution in [1.29, 1.82) is 0 Å². The van der Waals surface area contributed by atoms with Crippen LogP contribution in [0.25, 0.3) is 0 Å². The number of rotatable bonds is 3. The Kier molecular flexibility index (Phi) is 3.70. The Bertz CT molecular complexity index is 218. The van der Waals surface area contributed by atoms with Gasteiger partial charge < -0.3 is 10.8 Å². The molecule has 13 heavy (non-hydrogen) atoms. The monoisotopic (exact) mass is 181 g/mol. The zero-order valence-corrected chi connectivity index (χ0v) is 8.40. The van der Waals surface area contributed by atoms with E-state index in [1.807, 2.05) is 0 Å². The molecule has 0 bridgehead atoms. The molecule has 0 fully saturated rings. The molecular formula is C11H19NO. The van der Waals surface area contributed by atoms with E-state index in [-0.39, 0.29) is 6.04 Å². The van der Waals surface area contributed by atoms with E-state index in [9.17, 15) is 5.11 Å². The van der Waals surface area contributed by atoms with E-state index in [0.29, 0.717) is 5.92 Å². The minimum atomic E-state index is -0.425. The second-order valence-corrected chi connectivity index (χ2v) is 3.75. The van der Waals surface area contributed by atoms with Crippen molar-refractivity contribution in [1.82, 2.24) is 0 Å². The molecule has 0 amide bonds. The molecule has 0 saturated heterocycles. The number of nitrogens with two attached hydrogens (primary N) is 1. The van der Waals surface area contributed by atoms with Crippen molar-refractivity contribution in [2.45, 2.75) is 38.8 Å². The van der Waals surface area contributed by atoms with Crippen LogP contribution in [0.2, 0.25) is 0 Å². The number of allylic oxidation sites excluding steroid dienone is 3. The molecule has 2 nitrogen and oxygen atoms in total. The highest BCUT2D eigenvalue weighted by Crippen LogP contribution is 2.23. The molecule has 3 atom stereocenters. The van der Waals surface area contributed by atoms with Gasteiger partial charge in [0.05, 0.1) is 6.10 Å². The lowest BCUT2D eigenvalue weighted by atomic mass is 9.86. The normalized spacial score (nSPS) is 26.8. The van der Waals surface area contributed by atoms with Crippen LogP contribution in [0.15, 0.2) is 23.8 Å². The van der Waals surface area contributed by atoms with Crippen LogP contribution < -0.4 is 5.73 Å². The molecule has 1 unspecified atom stereocenters. The number of aliphatic hydroxyl groups excluding tert-OH is 1. The first-order valence-corrected chi connectivity index (χ1v) is 4.95. The molecular weight excluding hydrogens is 162 g/mol. The summed E-state index contributed by atoms with van der Waals surface area (Å²) < 4.78 is 0. The Labute approximate surface area is 80.1 Å². The first-order valence-electron chi connectivity index (χ1n) is 4.95.